The molecule has 21 heavy (non-hydrogen) atoms. The highest BCUT2D eigenvalue weighted by Crippen LogP contribution is 2.19. The predicted octanol–water partition coefficient (Wildman–Crippen LogP) is 0.558. The van der Waals surface area contributed by atoms with E-state index in [0.29, 0.717) is 13.2 Å². The first-order chi connectivity index (χ1) is 9.95. The van der Waals surface area contributed by atoms with Gasteiger partial charge in [0.05, 0.1) is 13.2 Å². The van der Waals surface area contributed by atoms with Gasteiger partial charge < -0.3 is 20.4 Å². The summed E-state index contributed by atoms with van der Waals surface area (Å²) in [5.74, 6) is 2.55. The van der Waals surface area contributed by atoms with E-state index in [4.69, 9.17) is 10.6 Å². The first kappa shape index (κ1) is 17.3. The number of rotatable bonds is 8. The summed E-state index contributed by atoms with van der Waals surface area (Å²) in [4.78, 5) is 13.7. The van der Waals surface area contributed by atoms with Gasteiger partial charge in [-0.3, -0.25) is 10.6 Å². The van der Waals surface area contributed by atoms with E-state index in [1.165, 1.54) is 0 Å². The fraction of sp³-hybridized carbons (Fsp3) is 0.462. The van der Waals surface area contributed by atoms with Gasteiger partial charge in [-0.1, -0.05) is 0 Å². The molecule has 0 aliphatic carbocycles. The molecule has 0 heterocycles. The van der Waals surface area contributed by atoms with Gasteiger partial charge in [-0.05, 0) is 26.2 Å². The minimum absolute atomic E-state index is 0.114. The van der Waals surface area contributed by atoms with Crippen molar-refractivity contribution in [3.05, 3.63) is 29.3 Å². The number of nitrogen functional groups attached to an aromatic ring is 1. The Morgan fingerprint density at radius 3 is 2.43 bits per heavy atom. The highest BCUT2D eigenvalue weighted by molar-refractivity contribution is 5.94. The van der Waals surface area contributed by atoms with Crippen LogP contribution in [-0.2, 0) is 4.74 Å². The fourth-order valence-corrected chi connectivity index (χ4v) is 1.53. The minimum Gasteiger partial charge on any atom is -0.378 e. The number of nitrogens with zero attached hydrogens (tertiary/aromatic N) is 1. The molecule has 0 aliphatic rings. The van der Waals surface area contributed by atoms with Crippen molar-refractivity contribution >= 4 is 11.6 Å². The molecule has 1 rings (SSSR count). The standard InChI is InChI=1S/C13H20F2N4O2/c1-19(2)4-6-21-5-3-17-13(20)9-7-10(14)12(18-16)11(15)8-9/h7-8,18H,3-6,16H2,1-2H3,(H,17,20). The second kappa shape index (κ2) is 8.50. The third kappa shape index (κ3) is 5.62. The maximum Gasteiger partial charge on any atom is 0.251 e. The van der Waals surface area contributed by atoms with Gasteiger partial charge in [-0.2, -0.15) is 0 Å². The first-order valence-corrected chi connectivity index (χ1v) is 6.42. The van der Waals surface area contributed by atoms with Crippen molar-refractivity contribution in [3.63, 3.8) is 0 Å². The smallest absolute Gasteiger partial charge is 0.251 e. The van der Waals surface area contributed by atoms with Crippen molar-refractivity contribution in [2.24, 2.45) is 5.84 Å². The number of ether oxygens (including phenoxy) is 1. The van der Waals surface area contributed by atoms with Crippen LogP contribution in [0.3, 0.4) is 0 Å². The third-order valence-corrected chi connectivity index (χ3v) is 2.66. The van der Waals surface area contributed by atoms with E-state index in [1.54, 1.807) is 0 Å². The molecule has 1 aromatic rings. The molecule has 0 saturated carbocycles. The van der Waals surface area contributed by atoms with Crippen LogP contribution < -0.4 is 16.6 Å². The van der Waals surface area contributed by atoms with Crippen molar-refractivity contribution in [2.45, 2.75) is 0 Å². The van der Waals surface area contributed by atoms with Crippen LogP contribution in [0.25, 0.3) is 0 Å². The molecule has 0 aliphatic heterocycles. The molecule has 0 aromatic heterocycles. The van der Waals surface area contributed by atoms with Crippen molar-refractivity contribution < 1.29 is 18.3 Å². The fourth-order valence-electron chi connectivity index (χ4n) is 1.53. The SMILES string of the molecule is CN(C)CCOCCNC(=O)c1cc(F)c(NN)c(F)c1. The number of likely N-dealkylation sites (N-methyl/N-ethyl adjacent to an activating group) is 1. The number of carbonyl (C=O) groups excluding carboxylic acids is 1. The van der Waals surface area contributed by atoms with Gasteiger partial charge in [0.2, 0.25) is 0 Å². The highest BCUT2D eigenvalue weighted by atomic mass is 19.1. The summed E-state index contributed by atoms with van der Waals surface area (Å²) in [5.41, 5.74) is 1.31. The van der Waals surface area contributed by atoms with Gasteiger partial charge >= 0.3 is 0 Å². The maximum absolute atomic E-state index is 13.4. The molecule has 1 amide bonds. The number of hydrogen-bond acceptors (Lipinski definition) is 5. The Hall–Kier alpha value is -1.77. The molecule has 0 unspecified atom stereocenters. The second-order valence-electron chi connectivity index (χ2n) is 4.63. The number of nitrogens with one attached hydrogen (secondary N) is 2. The van der Waals surface area contributed by atoms with E-state index < -0.39 is 23.2 Å². The molecule has 0 spiro atoms. The van der Waals surface area contributed by atoms with Crippen LogP contribution in [0.2, 0.25) is 0 Å². The lowest BCUT2D eigenvalue weighted by atomic mass is 10.1. The summed E-state index contributed by atoms with van der Waals surface area (Å²) in [6.07, 6.45) is 0. The summed E-state index contributed by atoms with van der Waals surface area (Å²) in [5, 5.41) is 2.52. The Morgan fingerprint density at radius 2 is 1.90 bits per heavy atom. The number of hydrogen-bond donors (Lipinski definition) is 3. The molecule has 1 aromatic carbocycles. The Morgan fingerprint density at radius 1 is 1.29 bits per heavy atom. The number of benzene rings is 1. The van der Waals surface area contributed by atoms with Crippen molar-refractivity contribution in [1.82, 2.24) is 10.2 Å². The largest absolute Gasteiger partial charge is 0.378 e. The Bertz CT molecular complexity index is 460. The zero-order valence-corrected chi connectivity index (χ0v) is 12.1. The number of amides is 1. The average Bonchev–Trinajstić information content (AvgIpc) is 2.41. The molecule has 0 fully saturated rings. The normalized spacial score (nSPS) is 10.8. The summed E-state index contributed by atoms with van der Waals surface area (Å²) < 4.78 is 32.2. The summed E-state index contributed by atoms with van der Waals surface area (Å²) in [6.45, 7) is 1.90. The molecule has 6 nitrogen and oxygen atoms in total. The lowest BCUT2D eigenvalue weighted by molar-refractivity contribution is 0.0899. The molecule has 0 radical (unpaired) electrons. The lowest BCUT2D eigenvalue weighted by Gasteiger charge is -2.11. The van der Waals surface area contributed by atoms with Gasteiger partial charge in [0.15, 0.2) is 11.6 Å². The molecule has 0 bridgehead atoms. The van der Waals surface area contributed by atoms with Crippen LogP contribution in [-0.4, -0.2) is 51.2 Å². The van der Waals surface area contributed by atoms with Gasteiger partial charge in [-0.15, -0.1) is 0 Å². The summed E-state index contributed by atoms with van der Waals surface area (Å²) in [7, 11) is 3.85. The predicted molar refractivity (Wildman–Crippen MR) is 75.9 cm³/mol. The molecule has 118 valence electrons. The number of anilines is 1. The van der Waals surface area contributed by atoms with E-state index in [9.17, 15) is 13.6 Å². The van der Waals surface area contributed by atoms with Crippen LogP contribution in [0.1, 0.15) is 10.4 Å². The van der Waals surface area contributed by atoms with E-state index in [-0.39, 0.29) is 12.1 Å². The lowest BCUT2D eigenvalue weighted by Crippen LogP contribution is -2.28. The molecular formula is C13H20F2N4O2. The second-order valence-corrected chi connectivity index (χ2v) is 4.63. The van der Waals surface area contributed by atoms with Gasteiger partial charge in [-0.25, -0.2) is 8.78 Å². The summed E-state index contributed by atoms with van der Waals surface area (Å²) >= 11 is 0. The van der Waals surface area contributed by atoms with Crippen molar-refractivity contribution in [1.29, 1.82) is 0 Å². The Labute approximate surface area is 122 Å². The van der Waals surface area contributed by atoms with E-state index in [0.717, 1.165) is 18.7 Å². The molecule has 8 heteroatoms. The molecule has 0 atom stereocenters. The van der Waals surface area contributed by atoms with E-state index >= 15 is 0 Å². The topological polar surface area (TPSA) is 79.6 Å². The van der Waals surface area contributed by atoms with E-state index in [1.807, 2.05) is 24.4 Å². The number of hydrazine groups is 1. The van der Waals surface area contributed by atoms with Gasteiger partial charge in [0.25, 0.3) is 5.91 Å². The minimum atomic E-state index is -0.926. The van der Waals surface area contributed by atoms with Gasteiger partial charge in [0, 0.05) is 18.7 Å². The van der Waals surface area contributed by atoms with E-state index in [2.05, 4.69) is 5.32 Å². The van der Waals surface area contributed by atoms with Crippen LogP contribution in [0.5, 0.6) is 0 Å². The number of carbonyl (C=O) groups is 1. The molecular weight excluding hydrogens is 282 g/mol. The summed E-state index contributed by atoms with van der Waals surface area (Å²) in [6, 6.07) is 1.83. The third-order valence-electron chi connectivity index (χ3n) is 2.66. The Kier molecular flexibility index (Phi) is 7.00. The van der Waals surface area contributed by atoms with Crippen LogP contribution in [0, 0.1) is 11.6 Å². The quantitative estimate of drug-likeness (QED) is 0.371. The first-order valence-electron chi connectivity index (χ1n) is 6.42. The van der Waals surface area contributed by atoms with Crippen LogP contribution in [0.15, 0.2) is 12.1 Å². The van der Waals surface area contributed by atoms with Crippen molar-refractivity contribution in [3.8, 4) is 0 Å². The maximum atomic E-state index is 13.4. The number of halogens is 2. The van der Waals surface area contributed by atoms with Gasteiger partial charge in [0.1, 0.15) is 5.69 Å². The van der Waals surface area contributed by atoms with Crippen molar-refractivity contribution in [2.75, 3.05) is 45.8 Å². The zero-order chi connectivity index (χ0) is 15.8. The molecule has 4 N–H and O–H groups in total. The molecule has 0 saturated heterocycles. The van der Waals surface area contributed by atoms with Crippen LogP contribution in [0.4, 0.5) is 14.5 Å². The number of nitrogens with two attached hydrogens (primary N) is 1. The zero-order valence-electron chi connectivity index (χ0n) is 12.1. The average molecular weight is 302 g/mol. The monoisotopic (exact) mass is 302 g/mol. The highest BCUT2D eigenvalue weighted by Gasteiger charge is 2.14. The Balaban J connectivity index is 2.42. The van der Waals surface area contributed by atoms with Crippen LogP contribution >= 0.6 is 0 Å².